The molecule has 0 spiro atoms. The fraction of sp³-hybridized carbons (Fsp3) is 0.214. The minimum Gasteiger partial charge on any atom is -0.467 e. The maximum atomic E-state index is 12.3. The van der Waals surface area contributed by atoms with Crippen molar-refractivity contribution >= 4 is 15.9 Å². The lowest BCUT2D eigenvalue weighted by Gasteiger charge is -2.20. The lowest BCUT2D eigenvalue weighted by atomic mass is 10.2. The van der Waals surface area contributed by atoms with Gasteiger partial charge in [-0.15, -0.1) is 0 Å². The van der Waals surface area contributed by atoms with Crippen molar-refractivity contribution in [2.24, 2.45) is 0 Å². The van der Waals surface area contributed by atoms with Crippen LogP contribution in [-0.4, -0.2) is 33.3 Å². The maximum absolute atomic E-state index is 12.3. The molecule has 21 heavy (non-hydrogen) atoms. The van der Waals surface area contributed by atoms with Gasteiger partial charge in [0.2, 0.25) is 15.9 Å². The predicted molar refractivity (Wildman–Crippen MR) is 76.9 cm³/mol. The lowest BCUT2D eigenvalue weighted by Crippen LogP contribution is -2.39. The summed E-state index contributed by atoms with van der Waals surface area (Å²) < 4.78 is 32.2. The molecule has 2 aromatic rings. The van der Waals surface area contributed by atoms with E-state index in [4.69, 9.17) is 4.42 Å². The molecular formula is C14H16N2O4S. The molecule has 0 aliphatic carbocycles. The van der Waals surface area contributed by atoms with Crippen LogP contribution in [0.15, 0.2) is 58.0 Å². The van der Waals surface area contributed by atoms with E-state index in [1.165, 1.54) is 23.3 Å². The van der Waals surface area contributed by atoms with Crippen molar-refractivity contribution < 1.29 is 17.6 Å². The minimum atomic E-state index is -3.82. The van der Waals surface area contributed by atoms with Crippen LogP contribution in [0.5, 0.6) is 0 Å². The first-order valence-corrected chi connectivity index (χ1v) is 7.72. The number of rotatable bonds is 5. The summed E-state index contributed by atoms with van der Waals surface area (Å²) in [6.45, 7) is 0. The molecule has 0 aliphatic heterocycles. The van der Waals surface area contributed by atoms with Crippen LogP contribution in [0.25, 0.3) is 0 Å². The Morgan fingerprint density at radius 3 is 2.33 bits per heavy atom. The standard InChI is InChI=1S/C14H16N2O4S/c1-16(2)14(17)13(12-9-6-10-20-12)15-21(18,19)11-7-4-3-5-8-11/h3-10,13,15H,1-2H3. The summed E-state index contributed by atoms with van der Waals surface area (Å²) in [4.78, 5) is 13.6. The molecule has 1 heterocycles. The zero-order valence-corrected chi connectivity index (χ0v) is 12.5. The molecule has 0 radical (unpaired) electrons. The van der Waals surface area contributed by atoms with Crippen molar-refractivity contribution in [3.63, 3.8) is 0 Å². The van der Waals surface area contributed by atoms with Gasteiger partial charge in [0, 0.05) is 14.1 Å². The minimum absolute atomic E-state index is 0.0908. The quantitative estimate of drug-likeness (QED) is 0.905. The van der Waals surface area contributed by atoms with Crippen molar-refractivity contribution in [2.45, 2.75) is 10.9 Å². The number of carbonyl (C=O) groups excluding carboxylic acids is 1. The van der Waals surface area contributed by atoms with Gasteiger partial charge < -0.3 is 9.32 Å². The lowest BCUT2D eigenvalue weighted by molar-refractivity contribution is -0.131. The van der Waals surface area contributed by atoms with E-state index in [2.05, 4.69) is 4.72 Å². The average molecular weight is 308 g/mol. The number of amides is 1. The topological polar surface area (TPSA) is 79.6 Å². The van der Waals surface area contributed by atoms with Crippen molar-refractivity contribution in [3.8, 4) is 0 Å². The molecule has 112 valence electrons. The summed E-state index contributed by atoms with van der Waals surface area (Å²) >= 11 is 0. The Morgan fingerprint density at radius 2 is 1.81 bits per heavy atom. The highest BCUT2D eigenvalue weighted by Gasteiger charge is 2.30. The van der Waals surface area contributed by atoms with Crippen LogP contribution in [0.1, 0.15) is 11.8 Å². The van der Waals surface area contributed by atoms with Gasteiger partial charge in [0.1, 0.15) is 5.76 Å². The van der Waals surface area contributed by atoms with Crippen molar-refractivity contribution in [2.75, 3.05) is 14.1 Å². The maximum Gasteiger partial charge on any atom is 0.248 e. The molecule has 6 nitrogen and oxygen atoms in total. The summed E-state index contributed by atoms with van der Waals surface area (Å²) in [5.74, 6) is -0.169. The monoisotopic (exact) mass is 308 g/mol. The number of nitrogens with one attached hydrogen (secondary N) is 1. The number of hydrogen-bond donors (Lipinski definition) is 1. The molecule has 1 N–H and O–H groups in total. The Morgan fingerprint density at radius 1 is 1.14 bits per heavy atom. The van der Waals surface area contributed by atoms with Crippen molar-refractivity contribution in [1.82, 2.24) is 9.62 Å². The molecule has 1 unspecified atom stereocenters. The highest BCUT2D eigenvalue weighted by Crippen LogP contribution is 2.19. The van der Waals surface area contributed by atoms with E-state index in [0.717, 1.165) is 0 Å². The van der Waals surface area contributed by atoms with E-state index in [0.29, 0.717) is 0 Å². The van der Waals surface area contributed by atoms with Crippen LogP contribution in [-0.2, 0) is 14.8 Å². The third kappa shape index (κ3) is 3.50. The fourth-order valence-corrected chi connectivity index (χ4v) is 2.95. The molecule has 1 amide bonds. The summed E-state index contributed by atoms with van der Waals surface area (Å²) in [5.41, 5.74) is 0. The zero-order valence-electron chi connectivity index (χ0n) is 11.7. The normalized spacial score (nSPS) is 12.9. The fourth-order valence-electron chi connectivity index (χ4n) is 1.77. The SMILES string of the molecule is CN(C)C(=O)C(NS(=O)(=O)c1ccccc1)c1ccco1. The van der Waals surface area contributed by atoms with Gasteiger partial charge in [0.05, 0.1) is 11.2 Å². The molecule has 7 heteroatoms. The Bertz CT molecular complexity index is 694. The molecule has 1 atom stereocenters. The van der Waals surface area contributed by atoms with Crippen LogP contribution in [0, 0.1) is 0 Å². The number of likely N-dealkylation sites (N-methyl/N-ethyl adjacent to an activating group) is 1. The van der Waals surface area contributed by atoms with Crippen molar-refractivity contribution in [1.29, 1.82) is 0 Å². The number of hydrogen-bond acceptors (Lipinski definition) is 4. The Labute approximate surface area is 123 Å². The van der Waals surface area contributed by atoms with E-state index >= 15 is 0 Å². The largest absolute Gasteiger partial charge is 0.467 e. The van der Waals surface area contributed by atoms with Crippen LogP contribution in [0.2, 0.25) is 0 Å². The highest BCUT2D eigenvalue weighted by molar-refractivity contribution is 7.89. The van der Waals surface area contributed by atoms with E-state index in [1.54, 1.807) is 44.4 Å². The van der Waals surface area contributed by atoms with Gasteiger partial charge in [-0.05, 0) is 24.3 Å². The van der Waals surface area contributed by atoms with Crippen LogP contribution in [0.3, 0.4) is 0 Å². The molecular weight excluding hydrogens is 292 g/mol. The molecule has 0 saturated carbocycles. The predicted octanol–water partition coefficient (Wildman–Crippen LogP) is 1.39. The zero-order chi connectivity index (χ0) is 15.5. The summed E-state index contributed by atoms with van der Waals surface area (Å²) in [5, 5.41) is 0. The number of nitrogens with zero attached hydrogens (tertiary/aromatic N) is 1. The molecule has 0 fully saturated rings. The number of carbonyl (C=O) groups is 1. The van der Waals surface area contributed by atoms with Crippen LogP contribution < -0.4 is 4.72 Å². The first-order valence-electron chi connectivity index (χ1n) is 6.24. The van der Waals surface area contributed by atoms with E-state index in [1.807, 2.05) is 0 Å². The van der Waals surface area contributed by atoms with Gasteiger partial charge in [0.25, 0.3) is 0 Å². The van der Waals surface area contributed by atoms with Crippen molar-refractivity contribution in [3.05, 3.63) is 54.5 Å². The molecule has 2 rings (SSSR count). The summed E-state index contributed by atoms with van der Waals surface area (Å²) in [6, 6.07) is 9.92. The van der Waals surface area contributed by atoms with Crippen LogP contribution >= 0.6 is 0 Å². The van der Waals surface area contributed by atoms with Gasteiger partial charge in [-0.1, -0.05) is 18.2 Å². The molecule has 0 bridgehead atoms. The second-order valence-corrected chi connectivity index (χ2v) is 6.33. The van der Waals surface area contributed by atoms with Crippen LogP contribution in [0.4, 0.5) is 0 Å². The number of benzene rings is 1. The Hall–Kier alpha value is -2.12. The van der Waals surface area contributed by atoms with Gasteiger partial charge in [0.15, 0.2) is 6.04 Å². The summed E-state index contributed by atoms with van der Waals surface area (Å²) in [7, 11) is -0.720. The number of sulfonamides is 1. The van der Waals surface area contributed by atoms with Gasteiger partial charge in [-0.3, -0.25) is 4.79 Å². The average Bonchev–Trinajstić information content (AvgIpc) is 2.99. The second-order valence-electron chi connectivity index (χ2n) is 4.62. The first kappa shape index (κ1) is 15.3. The number of furan rings is 1. The molecule has 0 saturated heterocycles. The van der Waals surface area contributed by atoms with E-state index in [-0.39, 0.29) is 10.7 Å². The highest BCUT2D eigenvalue weighted by atomic mass is 32.2. The summed E-state index contributed by atoms with van der Waals surface area (Å²) in [6.07, 6.45) is 1.39. The van der Waals surface area contributed by atoms with E-state index in [9.17, 15) is 13.2 Å². The smallest absolute Gasteiger partial charge is 0.248 e. The molecule has 1 aromatic carbocycles. The second kappa shape index (κ2) is 6.11. The van der Waals surface area contributed by atoms with Gasteiger partial charge >= 0.3 is 0 Å². The van der Waals surface area contributed by atoms with E-state index < -0.39 is 22.0 Å². The Balaban J connectivity index is 2.34. The third-order valence-electron chi connectivity index (χ3n) is 2.84. The molecule has 0 aliphatic rings. The van der Waals surface area contributed by atoms with Gasteiger partial charge in [-0.2, -0.15) is 4.72 Å². The molecule has 1 aromatic heterocycles. The Kier molecular flexibility index (Phi) is 4.44. The first-order chi connectivity index (χ1) is 9.92. The van der Waals surface area contributed by atoms with Gasteiger partial charge in [-0.25, -0.2) is 8.42 Å². The third-order valence-corrected chi connectivity index (χ3v) is 4.28.